The number of rotatable bonds is 6. The number of aromatic amines is 1. The zero-order valence-corrected chi connectivity index (χ0v) is 18.6. The maximum absolute atomic E-state index is 13.0. The molecule has 1 aliphatic rings. The molecule has 0 radical (unpaired) electrons. The number of hydrogen-bond acceptors (Lipinski definition) is 3. The normalized spacial score (nSPS) is 15.0. The van der Waals surface area contributed by atoms with E-state index in [4.69, 9.17) is 12.2 Å². The number of nitrogens with one attached hydrogen (secondary N) is 2. The number of hydrogen-bond donors (Lipinski definition) is 2. The molecule has 1 fully saturated rings. The number of nitrogens with zero attached hydrogens (tertiary/aromatic N) is 2. The summed E-state index contributed by atoms with van der Waals surface area (Å²) in [6.07, 6.45) is 3.50. The first-order chi connectivity index (χ1) is 14.0. The van der Waals surface area contributed by atoms with Crippen molar-refractivity contribution in [3.8, 4) is 11.4 Å². The van der Waals surface area contributed by atoms with E-state index in [1.54, 1.807) is 4.57 Å². The second kappa shape index (κ2) is 8.63. The van der Waals surface area contributed by atoms with E-state index in [9.17, 15) is 4.79 Å². The second-order valence-electron chi connectivity index (χ2n) is 7.60. The van der Waals surface area contributed by atoms with Crippen molar-refractivity contribution < 1.29 is 4.79 Å². The SMILES string of the molecule is Cc1cccc(-c2n[nH]c(=S)n2CC(=O)NC(c2ccc(Br)cc2)C2CCC2)c1. The van der Waals surface area contributed by atoms with Crippen LogP contribution in [0, 0.1) is 17.6 Å². The first-order valence-electron chi connectivity index (χ1n) is 9.78. The average molecular weight is 471 g/mol. The van der Waals surface area contributed by atoms with Crippen molar-refractivity contribution in [3.63, 3.8) is 0 Å². The lowest BCUT2D eigenvalue weighted by Crippen LogP contribution is -2.38. The lowest BCUT2D eigenvalue weighted by atomic mass is 9.77. The highest BCUT2D eigenvalue weighted by Gasteiger charge is 2.30. The molecule has 0 saturated heterocycles. The molecule has 0 aliphatic heterocycles. The third-order valence-corrected chi connectivity index (χ3v) is 6.34. The molecule has 1 saturated carbocycles. The zero-order valence-electron chi connectivity index (χ0n) is 16.2. The van der Waals surface area contributed by atoms with Crippen molar-refractivity contribution in [2.45, 2.75) is 38.8 Å². The minimum atomic E-state index is -0.0591. The van der Waals surface area contributed by atoms with E-state index in [1.165, 1.54) is 6.42 Å². The number of benzene rings is 2. The molecule has 1 amide bonds. The summed E-state index contributed by atoms with van der Waals surface area (Å²) in [4.78, 5) is 13.0. The summed E-state index contributed by atoms with van der Waals surface area (Å²) in [6.45, 7) is 2.17. The average Bonchev–Trinajstić information content (AvgIpc) is 3.01. The number of carbonyl (C=O) groups excluding carboxylic acids is 1. The molecule has 1 atom stereocenters. The Labute approximate surface area is 183 Å². The Morgan fingerprint density at radius 2 is 2.07 bits per heavy atom. The number of halogens is 1. The van der Waals surface area contributed by atoms with Gasteiger partial charge >= 0.3 is 0 Å². The van der Waals surface area contributed by atoms with E-state index in [2.05, 4.69) is 43.6 Å². The lowest BCUT2D eigenvalue weighted by molar-refractivity contribution is -0.123. The Balaban J connectivity index is 1.55. The van der Waals surface area contributed by atoms with Crippen LogP contribution in [0.2, 0.25) is 0 Å². The molecule has 4 rings (SSSR count). The molecule has 150 valence electrons. The van der Waals surface area contributed by atoms with Crippen molar-refractivity contribution in [2.24, 2.45) is 5.92 Å². The number of aryl methyl sites for hydroxylation is 1. The fourth-order valence-electron chi connectivity index (χ4n) is 3.75. The van der Waals surface area contributed by atoms with Crippen LogP contribution in [0.25, 0.3) is 11.4 Å². The third kappa shape index (κ3) is 4.51. The maximum Gasteiger partial charge on any atom is 0.240 e. The predicted molar refractivity (Wildman–Crippen MR) is 120 cm³/mol. The van der Waals surface area contributed by atoms with Crippen molar-refractivity contribution >= 4 is 34.1 Å². The summed E-state index contributed by atoms with van der Waals surface area (Å²) >= 11 is 8.87. The van der Waals surface area contributed by atoms with Gasteiger partial charge in [-0.05, 0) is 61.7 Å². The van der Waals surface area contributed by atoms with Gasteiger partial charge in [0.15, 0.2) is 10.6 Å². The molecule has 1 heterocycles. The molecule has 1 unspecified atom stereocenters. The van der Waals surface area contributed by atoms with Crippen molar-refractivity contribution in [1.82, 2.24) is 20.1 Å². The van der Waals surface area contributed by atoms with E-state index >= 15 is 0 Å². The minimum absolute atomic E-state index is 0.0212. The van der Waals surface area contributed by atoms with Crippen LogP contribution >= 0.6 is 28.1 Å². The number of carbonyl (C=O) groups is 1. The predicted octanol–water partition coefficient (Wildman–Crippen LogP) is 5.34. The Hall–Kier alpha value is -2.25. The van der Waals surface area contributed by atoms with E-state index < -0.39 is 0 Å². The van der Waals surface area contributed by atoms with Crippen molar-refractivity contribution in [3.05, 3.63) is 68.9 Å². The van der Waals surface area contributed by atoms with Gasteiger partial charge in [-0.25, -0.2) is 0 Å². The highest BCUT2D eigenvalue weighted by molar-refractivity contribution is 9.10. The van der Waals surface area contributed by atoms with E-state index in [0.717, 1.165) is 34.0 Å². The van der Waals surface area contributed by atoms with Gasteiger partial charge in [0.05, 0.1) is 6.04 Å². The van der Waals surface area contributed by atoms with Gasteiger partial charge in [0.25, 0.3) is 0 Å². The van der Waals surface area contributed by atoms with Gasteiger partial charge in [-0.1, -0.05) is 58.2 Å². The smallest absolute Gasteiger partial charge is 0.240 e. The maximum atomic E-state index is 13.0. The van der Waals surface area contributed by atoms with Gasteiger partial charge in [-0.3, -0.25) is 14.5 Å². The minimum Gasteiger partial charge on any atom is -0.347 e. The van der Waals surface area contributed by atoms with Crippen LogP contribution < -0.4 is 5.32 Å². The van der Waals surface area contributed by atoms with E-state index in [1.807, 2.05) is 43.3 Å². The third-order valence-electron chi connectivity index (χ3n) is 5.50. The summed E-state index contributed by atoms with van der Waals surface area (Å²) in [5.74, 6) is 1.10. The molecule has 7 heteroatoms. The molecule has 2 N–H and O–H groups in total. The van der Waals surface area contributed by atoms with Gasteiger partial charge in [0, 0.05) is 10.0 Å². The molecule has 0 spiro atoms. The molecule has 2 aromatic carbocycles. The van der Waals surface area contributed by atoms with Crippen LogP contribution in [0.1, 0.15) is 36.4 Å². The highest BCUT2D eigenvalue weighted by atomic mass is 79.9. The van der Waals surface area contributed by atoms with Crippen molar-refractivity contribution in [1.29, 1.82) is 0 Å². The van der Waals surface area contributed by atoms with Gasteiger partial charge in [0.1, 0.15) is 6.54 Å². The van der Waals surface area contributed by atoms with Crippen LogP contribution in [-0.4, -0.2) is 20.7 Å². The Bertz CT molecular complexity index is 1070. The van der Waals surface area contributed by atoms with Crippen LogP contribution in [-0.2, 0) is 11.3 Å². The van der Waals surface area contributed by atoms with Gasteiger partial charge in [-0.2, -0.15) is 5.10 Å². The largest absolute Gasteiger partial charge is 0.347 e. The van der Waals surface area contributed by atoms with E-state index in [-0.39, 0.29) is 18.5 Å². The molecular formula is C22H23BrN4OS. The van der Waals surface area contributed by atoms with Crippen LogP contribution in [0.5, 0.6) is 0 Å². The summed E-state index contributed by atoms with van der Waals surface area (Å²) in [6, 6.07) is 16.3. The number of aromatic nitrogens is 3. The highest BCUT2D eigenvalue weighted by Crippen LogP contribution is 2.38. The first-order valence-corrected chi connectivity index (χ1v) is 11.0. The van der Waals surface area contributed by atoms with Gasteiger partial charge in [-0.15, -0.1) is 0 Å². The van der Waals surface area contributed by atoms with Crippen molar-refractivity contribution in [2.75, 3.05) is 0 Å². The second-order valence-corrected chi connectivity index (χ2v) is 8.90. The monoisotopic (exact) mass is 470 g/mol. The Morgan fingerprint density at radius 3 is 2.72 bits per heavy atom. The summed E-state index contributed by atoms with van der Waals surface area (Å²) in [7, 11) is 0. The molecule has 1 aliphatic carbocycles. The molecular weight excluding hydrogens is 448 g/mol. The standard InChI is InChI=1S/C22H23BrN4OS/c1-14-4-2-7-17(12-14)21-25-26-22(29)27(21)13-19(28)24-20(15-5-3-6-15)16-8-10-18(23)11-9-16/h2,4,7-12,15,20H,3,5-6,13H2,1H3,(H,24,28)(H,26,29). The lowest BCUT2D eigenvalue weighted by Gasteiger charge is -2.34. The van der Waals surface area contributed by atoms with Crippen LogP contribution in [0.4, 0.5) is 0 Å². The van der Waals surface area contributed by atoms with Gasteiger partial charge < -0.3 is 5.32 Å². The topological polar surface area (TPSA) is 62.7 Å². The summed E-state index contributed by atoms with van der Waals surface area (Å²) in [5, 5.41) is 10.4. The zero-order chi connectivity index (χ0) is 20.4. The fourth-order valence-corrected chi connectivity index (χ4v) is 4.21. The molecule has 29 heavy (non-hydrogen) atoms. The Kier molecular flexibility index (Phi) is 5.96. The molecule has 1 aromatic heterocycles. The quantitative estimate of drug-likeness (QED) is 0.478. The van der Waals surface area contributed by atoms with Crippen LogP contribution in [0.3, 0.4) is 0 Å². The molecule has 5 nitrogen and oxygen atoms in total. The fraction of sp³-hybridized carbons (Fsp3) is 0.318. The number of H-pyrrole nitrogens is 1. The number of amides is 1. The Morgan fingerprint density at radius 1 is 1.31 bits per heavy atom. The summed E-state index contributed by atoms with van der Waals surface area (Å²) in [5.41, 5.74) is 3.21. The first kappa shape index (κ1) is 20.0. The summed E-state index contributed by atoms with van der Waals surface area (Å²) < 4.78 is 3.24. The van der Waals surface area contributed by atoms with Gasteiger partial charge in [0.2, 0.25) is 5.91 Å². The van der Waals surface area contributed by atoms with E-state index in [0.29, 0.717) is 16.5 Å². The molecule has 3 aromatic rings. The molecule has 0 bridgehead atoms. The van der Waals surface area contributed by atoms with Crippen LogP contribution in [0.15, 0.2) is 53.0 Å².